The number of nitriles is 1. The number of nitrogens with zero attached hydrogens (tertiary/aromatic N) is 3. The molecular formula is C11H19N7O3S. The summed E-state index contributed by atoms with van der Waals surface area (Å²) in [6, 6.07) is 1.42. The van der Waals surface area contributed by atoms with E-state index in [0.717, 1.165) is 5.75 Å². The van der Waals surface area contributed by atoms with Crippen LogP contribution in [0.4, 0.5) is 0 Å². The first kappa shape index (κ1) is 18.0. The fourth-order valence-electron chi connectivity index (χ4n) is 1.97. The standard InChI is InChI=1S/C11H19N7O3S/c12-7-9-17(5-6-22-9)10(19)8(13)3-1-2-4-15-11(14)16-18(20)21/h8-9H,1-6,13H2,(H3,14,15,16)/t8-,9-/m0/s1. The Morgan fingerprint density at radius 3 is 3.00 bits per heavy atom. The lowest BCUT2D eigenvalue weighted by molar-refractivity contribution is -0.525. The van der Waals surface area contributed by atoms with Gasteiger partial charge in [-0.3, -0.25) is 10.2 Å². The van der Waals surface area contributed by atoms with Crippen LogP contribution < -0.4 is 16.5 Å². The van der Waals surface area contributed by atoms with Crippen LogP contribution in [0.25, 0.3) is 0 Å². The molecule has 22 heavy (non-hydrogen) atoms. The molecule has 0 bridgehead atoms. The molecule has 2 atom stereocenters. The summed E-state index contributed by atoms with van der Waals surface area (Å²) in [5, 5.41) is 27.5. The van der Waals surface area contributed by atoms with Crippen molar-refractivity contribution in [1.82, 2.24) is 15.6 Å². The lowest BCUT2D eigenvalue weighted by Crippen LogP contribution is -2.45. The van der Waals surface area contributed by atoms with Crippen molar-refractivity contribution in [3.8, 4) is 6.07 Å². The van der Waals surface area contributed by atoms with Gasteiger partial charge in [-0.05, 0) is 19.3 Å². The molecule has 1 rings (SSSR count). The summed E-state index contributed by atoms with van der Waals surface area (Å²) < 4.78 is 0. The van der Waals surface area contributed by atoms with Gasteiger partial charge in [-0.15, -0.1) is 11.8 Å². The van der Waals surface area contributed by atoms with E-state index < -0.39 is 16.4 Å². The molecule has 1 heterocycles. The topological polar surface area (TPSA) is 161 Å². The van der Waals surface area contributed by atoms with Crippen molar-refractivity contribution >= 4 is 23.6 Å². The molecule has 122 valence electrons. The van der Waals surface area contributed by atoms with Crippen LogP contribution in [-0.4, -0.2) is 52.1 Å². The van der Waals surface area contributed by atoms with Gasteiger partial charge in [-0.1, -0.05) is 5.43 Å². The fourth-order valence-corrected chi connectivity index (χ4v) is 2.96. The van der Waals surface area contributed by atoms with Gasteiger partial charge in [0.1, 0.15) is 0 Å². The summed E-state index contributed by atoms with van der Waals surface area (Å²) in [4.78, 5) is 23.7. The molecule has 0 aromatic heterocycles. The number of carbonyl (C=O) groups is 1. The Kier molecular flexibility index (Phi) is 7.41. The van der Waals surface area contributed by atoms with Crippen LogP contribution in [0.2, 0.25) is 0 Å². The molecule has 5 N–H and O–H groups in total. The molecule has 1 amide bonds. The predicted molar refractivity (Wildman–Crippen MR) is 81.3 cm³/mol. The largest absolute Gasteiger partial charge is 0.352 e. The van der Waals surface area contributed by atoms with Crippen LogP contribution in [0, 0.1) is 26.9 Å². The van der Waals surface area contributed by atoms with Gasteiger partial charge in [0.25, 0.3) is 5.96 Å². The number of nitrogens with two attached hydrogens (primary N) is 1. The minimum absolute atomic E-state index is 0.215. The van der Waals surface area contributed by atoms with E-state index in [1.54, 1.807) is 5.43 Å². The van der Waals surface area contributed by atoms with E-state index in [1.807, 2.05) is 0 Å². The van der Waals surface area contributed by atoms with E-state index in [-0.39, 0.29) is 11.9 Å². The predicted octanol–water partition coefficient (Wildman–Crippen LogP) is -0.785. The lowest BCUT2D eigenvalue weighted by Gasteiger charge is -2.22. The molecule has 0 radical (unpaired) electrons. The normalized spacial score (nSPS) is 18.4. The molecule has 10 nitrogen and oxygen atoms in total. The van der Waals surface area contributed by atoms with Gasteiger partial charge in [0.15, 0.2) is 10.4 Å². The molecule has 0 aromatic rings. The van der Waals surface area contributed by atoms with Crippen LogP contribution >= 0.6 is 11.8 Å². The Balaban J connectivity index is 2.19. The highest BCUT2D eigenvalue weighted by molar-refractivity contribution is 8.00. The molecule has 0 aromatic carbocycles. The fraction of sp³-hybridized carbons (Fsp3) is 0.727. The highest BCUT2D eigenvalue weighted by atomic mass is 32.2. The van der Waals surface area contributed by atoms with Crippen molar-refractivity contribution in [3.05, 3.63) is 10.1 Å². The number of unbranched alkanes of at least 4 members (excludes halogenated alkanes) is 1. The number of hydrogen-bond acceptors (Lipinski definition) is 7. The maximum atomic E-state index is 12.1. The Morgan fingerprint density at radius 1 is 1.64 bits per heavy atom. The van der Waals surface area contributed by atoms with Crippen LogP contribution in [0.1, 0.15) is 19.3 Å². The maximum absolute atomic E-state index is 12.1. The quantitative estimate of drug-likeness (QED) is 0.155. The average molecular weight is 329 g/mol. The van der Waals surface area contributed by atoms with Gasteiger partial charge in [-0.25, -0.2) is 10.1 Å². The smallest absolute Gasteiger partial charge is 0.251 e. The first-order valence-corrected chi connectivity index (χ1v) is 7.81. The molecule has 1 aliphatic heterocycles. The van der Waals surface area contributed by atoms with E-state index in [2.05, 4.69) is 11.4 Å². The van der Waals surface area contributed by atoms with Crippen LogP contribution in [-0.2, 0) is 4.79 Å². The van der Waals surface area contributed by atoms with Crippen molar-refractivity contribution in [2.75, 3.05) is 18.8 Å². The number of hydrogen-bond donors (Lipinski definition) is 4. The van der Waals surface area contributed by atoms with Gasteiger partial charge in [0.2, 0.25) is 5.91 Å². The minimum Gasteiger partial charge on any atom is -0.352 e. The Bertz CT molecular complexity index is 467. The number of nitro groups is 1. The molecule has 1 fully saturated rings. The molecule has 1 saturated heterocycles. The van der Waals surface area contributed by atoms with E-state index in [0.29, 0.717) is 32.4 Å². The van der Waals surface area contributed by atoms with Crippen molar-refractivity contribution in [1.29, 1.82) is 10.7 Å². The third-order valence-corrected chi connectivity index (χ3v) is 4.14. The summed E-state index contributed by atoms with van der Waals surface area (Å²) in [5.41, 5.74) is 7.53. The summed E-state index contributed by atoms with van der Waals surface area (Å²) >= 11 is 1.43. The highest BCUT2D eigenvalue weighted by Gasteiger charge is 2.31. The second-order valence-corrected chi connectivity index (χ2v) is 5.84. The van der Waals surface area contributed by atoms with Crippen LogP contribution in [0.15, 0.2) is 0 Å². The molecule has 1 aliphatic rings. The van der Waals surface area contributed by atoms with Gasteiger partial charge in [0.05, 0.1) is 12.1 Å². The number of amides is 1. The third kappa shape index (κ3) is 5.74. The third-order valence-electron chi connectivity index (χ3n) is 3.05. The van der Waals surface area contributed by atoms with E-state index in [1.165, 1.54) is 16.7 Å². The molecule has 0 spiro atoms. The highest BCUT2D eigenvalue weighted by Crippen LogP contribution is 2.23. The van der Waals surface area contributed by atoms with Gasteiger partial charge >= 0.3 is 0 Å². The number of rotatable bonds is 7. The van der Waals surface area contributed by atoms with E-state index in [4.69, 9.17) is 16.4 Å². The number of guanidine groups is 1. The first-order chi connectivity index (χ1) is 10.5. The summed E-state index contributed by atoms with van der Waals surface area (Å²) in [6.07, 6.45) is 1.73. The average Bonchev–Trinajstić information content (AvgIpc) is 2.93. The first-order valence-electron chi connectivity index (χ1n) is 6.76. The zero-order chi connectivity index (χ0) is 16.5. The number of thioether (sulfide) groups is 1. The molecule has 11 heteroatoms. The Hall–Kier alpha value is -2.06. The zero-order valence-corrected chi connectivity index (χ0v) is 12.8. The van der Waals surface area contributed by atoms with Crippen molar-refractivity contribution in [2.24, 2.45) is 5.73 Å². The SMILES string of the molecule is N#C[C@@H]1SCCN1C(=O)[C@@H](N)CCCCNC(=N)N[N+](=O)[O-]. The second-order valence-electron chi connectivity index (χ2n) is 4.66. The number of hydrazine groups is 1. The molecule has 0 saturated carbocycles. The van der Waals surface area contributed by atoms with Crippen molar-refractivity contribution in [3.63, 3.8) is 0 Å². The zero-order valence-electron chi connectivity index (χ0n) is 11.9. The van der Waals surface area contributed by atoms with Crippen LogP contribution in [0.3, 0.4) is 0 Å². The molecule has 0 aliphatic carbocycles. The molecular weight excluding hydrogens is 310 g/mol. The lowest BCUT2D eigenvalue weighted by atomic mass is 10.1. The van der Waals surface area contributed by atoms with Crippen molar-refractivity contribution in [2.45, 2.75) is 30.7 Å². The Morgan fingerprint density at radius 2 is 2.36 bits per heavy atom. The number of carbonyl (C=O) groups excluding carboxylic acids is 1. The van der Waals surface area contributed by atoms with Crippen LogP contribution in [0.5, 0.6) is 0 Å². The monoisotopic (exact) mass is 329 g/mol. The van der Waals surface area contributed by atoms with Crippen molar-refractivity contribution < 1.29 is 9.83 Å². The minimum atomic E-state index is -0.816. The van der Waals surface area contributed by atoms with E-state index >= 15 is 0 Å². The summed E-state index contributed by atoms with van der Waals surface area (Å²) in [7, 11) is 0. The summed E-state index contributed by atoms with van der Waals surface area (Å²) in [6.45, 7) is 0.918. The summed E-state index contributed by atoms with van der Waals surface area (Å²) in [5.74, 6) is 0.148. The second kappa shape index (κ2) is 9.06. The maximum Gasteiger partial charge on any atom is 0.251 e. The van der Waals surface area contributed by atoms with E-state index in [9.17, 15) is 14.9 Å². The van der Waals surface area contributed by atoms with Gasteiger partial charge in [-0.2, -0.15) is 5.26 Å². The van der Waals surface area contributed by atoms with Gasteiger partial charge in [0, 0.05) is 18.8 Å². The Labute approximate surface area is 132 Å². The van der Waals surface area contributed by atoms with Gasteiger partial charge < -0.3 is 16.0 Å². The number of nitrogens with one attached hydrogen (secondary N) is 3. The molecule has 0 unspecified atom stereocenters.